The Morgan fingerprint density at radius 3 is 1.03 bits per heavy atom. The van der Waals surface area contributed by atoms with Crippen molar-refractivity contribution in [3.63, 3.8) is 0 Å². The zero-order chi connectivity index (χ0) is 50.0. The molecule has 0 saturated heterocycles. The third-order valence-corrected chi connectivity index (χ3v) is 14.5. The van der Waals surface area contributed by atoms with Crippen LogP contribution >= 0.6 is 0 Å². The van der Waals surface area contributed by atoms with Gasteiger partial charge in [0.1, 0.15) is 0 Å². The average molecular weight is 973 g/mol. The summed E-state index contributed by atoms with van der Waals surface area (Å²) in [5, 5.41) is 23.2. The van der Waals surface area contributed by atoms with Gasteiger partial charge < -0.3 is 20.3 Å². The molecule has 0 aromatic rings. The highest BCUT2D eigenvalue weighted by atomic mass is 16.5. The zero-order valence-electron chi connectivity index (χ0n) is 46.6. The molecule has 0 saturated carbocycles. The molecule has 69 heavy (non-hydrogen) atoms. The van der Waals surface area contributed by atoms with Crippen LogP contribution in [0.25, 0.3) is 0 Å². The van der Waals surface area contributed by atoms with E-state index in [2.05, 4.69) is 43.5 Å². The van der Waals surface area contributed by atoms with Crippen molar-refractivity contribution < 1.29 is 24.5 Å². The molecule has 408 valence electrons. The van der Waals surface area contributed by atoms with Gasteiger partial charge in [-0.2, -0.15) is 0 Å². The average Bonchev–Trinajstić information content (AvgIpc) is 3.35. The Kier molecular flexibility index (Phi) is 57.5. The number of esters is 1. The Balaban J connectivity index is 3.39. The van der Waals surface area contributed by atoms with Crippen molar-refractivity contribution in [2.24, 2.45) is 0 Å². The predicted octanol–water partition coefficient (Wildman–Crippen LogP) is 19.4. The molecule has 0 aliphatic rings. The van der Waals surface area contributed by atoms with Gasteiger partial charge in [-0.05, 0) is 77.0 Å². The molecule has 3 N–H and O–H groups in total. The molecule has 0 spiro atoms. The van der Waals surface area contributed by atoms with Gasteiger partial charge in [0, 0.05) is 12.8 Å². The predicted molar refractivity (Wildman–Crippen MR) is 301 cm³/mol. The Labute approximate surface area is 431 Å². The largest absolute Gasteiger partial charge is 0.466 e. The second-order valence-corrected chi connectivity index (χ2v) is 21.4. The number of allylic oxidation sites excluding steroid dienone is 4. The number of nitrogens with one attached hydrogen (secondary N) is 1. The molecule has 2 atom stereocenters. The lowest BCUT2D eigenvalue weighted by molar-refractivity contribution is -0.143. The molecule has 2 unspecified atom stereocenters. The van der Waals surface area contributed by atoms with Crippen molar-refractivity contribution in [2.75, 3.05) is 13.2 Å². The molecule has 0 fully saturated rings. The highest BCUT2D eigenvalue weighted by Gasteiger charge is 2.20. The van der Waals surface area contributed by atoms with E-state index in [0.717, 1.165) is 44.9 Å². The topological polar surface area (TPSA) is 95.9 Å². The lowest BCUT2D eigenvalue weighted by atomic mass is 10.0. The van der Waals surface area contributed by atoms with Gasteiger partial charge in [-0.25, -0.2) is 0 Å². The molecule has 0 heterocycles. The minimum atomic E-state index is -0.667. The molecule has 0 aliphatic heterocycles. The van der Waals surface area contributed by atoms with Gasteiger partial charge >= 0.3 is 5.97 Å². The van der Waals surface area contributed by atoms with Crippen molar-refractivity contribution >= 4 is 11.9 Å². The van der Waals surface area contributed by atoms with E-state index in [1.807, 2.05) is 0 Å². The summed E-state index contributed by atoms with van der Waals surface area (Å²) < 4.78 is 5.49. The fourth-order valence-corrected chi connectivity index (χ4v) is 9.69. The highest BCUT2D eigenvalue weighted by Crippen LogP contribution is 2.17. The molecule has 0 radical (unpaired) electrons. The van der Waals surface area contributed by atoms with Crippen LogP contribution in [0.3, 0.4) is 0 Å². The first kappa shape index (κ1) is 67.3. The fraction of sp³-hybridized carbons (Fsp3) is 0.905. The van der Waals surface area contributed by atoms with Crippen LogP contribution in [0.5, 0.6) is 0 Å². The van der Waals surface area contributed by atoms with Crippen LogP contribution in [0.2, 0.25) is 0 Å². The number of aliphatic hydroxyl groups is 2. The Bertz CT molecular complexity index is 1080. The molecular weight excluding hydrogens is 851 g/mol. The maximum absolute atomic E-state index is 12.5. The SMILES string of the molecule is CCCCCCCCC/C=C\CCCCCCCCCC(=O)OCCCCCCCCCCCCC/C=C\CCCCCCCCCC(=O)NC(CO)C(O)CCCCCCCCCCCCCC. The molecule has 6 nitrogen and oxygen atoms in total. The summed E-state index contributed by atoms with van der Waals surface area (Å²) >= 11 is 0. The summed E-state index contributed by atoms with van der Waals surface area (Å²) in [5.74, 6) is -0.0342. The number of hydrogen-bond acceptors (Lipinski definition) is 5. The lowest BCUT2D eigenvalue weighted by Crippen LogP contribution is -2.45. The van der Waals surface area contributed by atoms with Crippen molar-refractivity contribution in [1.29, 1.82) is 0 Å². The molecule has 0 bridgehead atoms. The van der Waals surface area contributed by atoms with Crippen LogP contribution in [0.4, 0.5) is 0 Å². The van der Waals surface area contributed by atoms with Crippen LogP contribution in [-0.4, -0.2) is 47.4 Å². The summed E-state index contributed by atoms with van der Waals surface area (Å²) in [5.41, 5.74) is 0. The standard InChI is InChI=1S/C63H121NO5/c1-3-5-7-9-11-13-15-17-18-19-27-30-33-37-41-45-49-53-57-63(68)69-58-54-50-46-42-38-34-31-28-25-23-21-20-22-24-26-29-32-36-40-44-48-52-56-62(67)64-60(59-65)61(66)55-51-47-43-39-35-16-14-12-10-8-6-4-2/h18-19,22,24,60-61,65-66H,3-17,20-21,23,25-59H2,1-2H3,(H,64,67)/b19-18-,24-22-. The van der Waals surface area contributed by atoms with Crippen LogP contribution in [0, 0.1) is 0 Å². The molecule has 0 aliphatic carbocycles. The quantitative estimate of drug-likeness (QED) is 0.0321. The van der Waals surface area contributed by atoms with E-state index in [1.54, 1.807) is 0 Å². The number of amides is 1. The molecule has 0 aromatic heterocycles. The maximum atomic E-state index is 12.5. The van der Waals surface area contributed by atoms with E-state index < -0.39 is 12.1 Å². The Hall–Kier alpha value is -1.66. The number of rotatable bonds is 58. The van der Waals surface area contributed by atoms with Gasteiger partial charge in [0.05, 0.1) is 25.4 Å². The minimum absolute atomic E-state index is 0.00738. The molecular formula is C63H121NO5. The van der Waals surface area contributed by atoms with Crippen LogP contribution in [0.1, 0.15) is 341 Å². The molecule has 1 amide bonds. The summed E-state index contributed by atoms with van der Waals surface area (Å²) in [6.07, 6.45) is 71.9. The maximum Gasteiger partial charge on any atom is 0.305 e. The second kappa shape index (κ2) is 58.9. The van der Waals surface area contributed by atoms with Gasteiger partial charge in [-0.1, -0.05) is 276 Å². The van der Waals surface area contributed by atoms with Crippen LogP contribution < -0.4 is 5.32 Å². The molecule has 6 heteroatoms. The van der Waals surface area contributed by atoms with Gasteiger partial charge in [-0.3, -0.25) is 9.59 Å². The van der Waals surface area contributed by atoms with E-state index in [9.17, 15) is 19.8 Å². The third-order valence-electron chi connectivity index (χ3n) is 14.5. The Morgan fingerprint density at radius 2 is 0.681 bits per heavy atom. The second-order valence-electron chi connectivity index (χ2n) is 21.4. The van der Waals surface area contributed by atoms with Crippen molar-refractivity contribution in [2.45, 2.75) is 353 Å². The van der Waals surface area contributed by atoms with Gasteiger partial charge in [0.15, 0.2) is 0 Å². The summed E-state index contributed by atoms with van der Waals surface area (Å²) in [4.78, 5) is 24.5. The lowest BCUT2D eigenvalue weighted by Gasteiger charge is -2.22. The smallest absolute Gasteiger partial charge is 0.305 e. The number of unbranched alkanes of at least 4 members (excludes halogenated alkanes) is 43. The summed E-state index contributed by atoms with van der Waals surface area (Å²) in [6, 6.07) is -0.545. The van der Waals surface area contributed by atoms with E-state index in [-0.39, 0.29) is 18.5 Å². The first-order valence-corrected chi connectivity index (χ1v) is 31.1. The van der Waals surface area contributed by atoms with Crippen molar-refractivity contribution in [1.82, 2.24) is 5.32 Å². The van der Waals surface area contributed by atoms with Crippen LogP contribution in [0.15, 0.2) is 24.3 Å². The van der Waals surface area contributed by atoms with Crippen molar-refractivity contribution in [3.8, 4) is 0 Å². The minimum Gasteiger partial charge on any atom is -0.466 e. The van der Waals surface area contributed by atoms with E-state index >= 15 is 0 Å². The fourth-order valence-electron chi connectivity index (χ4n) is 9.69. The third kappa shape index (κ3) is 55.5. The zero-order valence-corrected chi connectivity index (χ0v) is 46.6. The van der Waals surface area contributed by atoms with Crippen LogP contribution in [-0.2, 0) is 14.3 Å². The van der Waals surface area contributed by atoms with E-state index in [0.29, 0.717) is 25.9 Å². The van der Waals surface area contributed by atoms with E-state index in [4.69, 9.17) is 4.74 Å². The first-order valence-electron chi connectivity index (χ1n) is 31.1. The van der Waals surface area contributed by atoms with Gasteiger partial charge in [0.2, 0.25) is 5.91 Å². The first-order chi connectivity index (χ1) is 34.0. The van der Waals surface area contributed by atoms with Gasteiger partial charge in [-0.15, -0.1) is 0 Å². The highest BCUT2D eigenvalue weighted by molar-refractivity contribution is 5.76. The normalized spacial score (nSPS) is 12.7. The van der Waals surface area contributed by atoms with E-state index in [1.165, 1.54) is 263 Å². The summed E-state index contributed by atoms with van der Waals surface area (Å²) in [7, 11) is 0. The van der Waals surface area contributed by atoms with Gasteiger partial charge in [0.25, 0.3) is 0 Å². The van der Waals surface area contributed by atoms with Crippen molar-refractivity contribution in [3.05, 3.63) is 24.3 Å². The number of ether oxygens (including phenoxy) is 1. The summed E-state index contributed by atoms with van der Waals surface area (Å²) in [6.45, 7) is 4.95. The number of hydrogen-bond donors (Lipinski definition) is 3. The number of aliphatic hydroxyl groups excluding tert-OH is 2. The molecule has 0 rings (SSSR count). The number of carbonyl (C=O) groups is 2. The number of carbonyl (C=O) groups excluding carboxylic acids is 2. The monoisotopic (exact) mass is 972 g/mol. The Morgan fingerprint density at radius 1 is 0.391 bits per heavy atom. The molecule has 0 aromatic carbocycles.